The molecule has 0 saturated carbocycles. The van der Waals surface area contributed by atoms with Crippen LogP contribution in [0, 0.1) is 0 Å². The molecule has 1 amide bonds. The third-order valence-electron chi connectivity index (χ3n) is 3.80. The summed E-state index contributed by atoms with van der Waals surface area (Å²) in [7, 11) is 1.70. The second-order valence-corrected chi connectivity index (χ2v) is 6.52. The molecule has 0 aliphatic carbocycles. The summed E-state index contributed by atoms with van der Waals surface area (Å²) in [5.74, 6) is -0.484. The topological polar surface area (TPSA) is 46.6 Å². The average Bonchev–Trinajstić information content (AvgIpc) is 2.60. The van der Waals surface area contributed by atoms with E-state index in [1.54, 1.807) is 44.0 Å². The molecule has 2 rings (SSSR count). The zero-order valence-electron chi connectivity index (χ0n) is 12.2. The Hall–Kier alpha value is -1.26. The minimum absolute atomic E-state index is 0.0789. The second kappa shape index (κ2) is 5.85. The predicted molar refractivity (Wildman–Crippen MR) is 83.3 cm³/mol. The fourth-order valence-corrected chi connectivity index (χ4v) is 3.33. The summed E-state index contributed by atoms with van der Waals surface area (Å²) in [5.41, 5.74) is 1.11. The number of nitrogens with zero attached hydrogens (tertiary/aromatic N) is 1. The fraction of sp³-hybridized carbons (Fsp3) is 0.467. The van der Waals surface area contributed by atoms with Gasteiger partial charge in [-0.3, -0.25) is 4.79 Å². The van der Waals surface area contributed by atoms with E-state index in [1.165, 1.54) is 0 Å². The molecule has 0 radical (unpaired) electrons. The molecule has 1 aromatic rings. The van der Waals surface area contributed by atoms with Crippen molar-refractivity contribution in [1.82, 2.24) is 0 Å². The molecule has 114 valence electrons. The van der Waals surface area contributed by atoms with Crippen LogP contribution in [0.2, 0.25) is 0 Å². The van der Waals surface area contributed by atoms with Gasteiger partial charge in [-0.1, -0.05) is 0 Å². The van der Waals surface area contributed by atoms with Crippen molar-refractivity contribution in [3.63, 3.8) is 0 Å². The molecule has 0 bridgehead atoms. The van der Waals surface area contributed by atoms with Crippen molar-refractivity contribution < 1.29 is 14.3 Å². The van der Waals surface area contributed by atoms with Gasteiger partial charge >= 0.3 is 5.97 Å². The van der Waals surface area contributed by atoms with Crippen molar-refractivity contribution >= 4 is 40.8 Å². The average molecular weight is 330 g/mol. The Balaban J connectivity index is 2.50. The molecule has 6 heteroatoms. The van der Waals surface area contributed by atoms with Crippen LogP contribution in [0.1, 0.15) is 36.2 Å². The maximum atomic E-state index is 12.5. The predicted octanol–water partition coefficient (Wildman–Crippen LogP) is 3.29. The second-order valence-electron chi connectivity index (χ2n) is 5.24. The lowest BCUT2D eigenvalue weighted by Crippen LogP contribution is -2.37. The standard InChI is InChI=1S/C15H17Cl2NO3/c1-4-21-13(19)9-5-6-11-10(7-9)15(2,8-12(16)17)14(20)18(11)3/h5-7,12H,4,8H2,1-3H3. The van der Waals surface area contributed by atoms with Crippen LogP contribution < -0.4 is 4.90 Å². The number of likely N-dealkylation sites (N-methyl/N-ethyl adjacent to an activating group) is 1. The van der Waals surface area contributed by atoms with E-state index in [4.69, 9.17) is 27.9 Å². The van der Waals surface area contributed by atoms with Gasteiger partial charge < -0.3 is 9.64 Å². The van der Waals surface area contributed by atoms with Gasteiger partial charge in [0.15, 0.2) is 0 Å². The highest BCUT2D eigenvalue weighted by atomic mass is 35.5. The van der Waals surface area contributed by atoms with Crippen LogP contribution in [0.5, 0.6) is 0 Å². The van der Waals surface area contributed by atoms with Crippen LogP contribution in [0.3, 0.4) is 0 Å². The summed E-state index contributed by atoms with van der Waals surface area (Å²) in [5, 5.41) is 0. The van der Waals surface area contributed by atoms with Gasteiger partial charge in [0.25, 0.3) is 0 Å². The number of carbonyl (C=O) groups is 2. The molecule has 1 aromatic carbocycles. The van der Waals surface area contributed by atoms with Crippen molar-refractivity contribution in [2.75, 3.05) is 18.6 Å². The Bertz CT molecular complexity index is 588. The first-order valence-corrected chi connectivity index (χ1v) is 7.56. The van der Waals surface area contributed by atoms with Crippen molar-refractivity contribution in [3.8, 4) is 0 Å². The van der Waals surface area contributed by atoms with E-state index < -0.39 is 16.2 Å². The molecule has 0 aromatic heterocycles. The number of rotatable bonds is 4. The van der Waals surface area contributed by atoms with Crippen LogP contribution >= 0.6 is 23.2 Å². The lowest BCUT2D eigenvalue weighted by Gasteiger charge is -2.23. The minimum atomic E-state index is -0.833. The van der Waals surface area contributed by atoms with Crippen molar-refractivity contribution in [3.05, 3.63) is 29.3 Å². The van der Waals surface area contributed by atoms with Gasteiger partial charge in [-0.15, -0.1) is 23.2 Å². The number of anilines is 1. The number of alkyl halides is 2. The van der Waals surface area contributed by atoms with Gasteiger partial charge in [0, 0.05) is 12.7 Å². The zero-order valence-corrected chi connectivity index (χ0v) is 13.7. The molecule has 21 heavy (non-hydrogen) atoms. The first-order chi connectivity index (χ1) is 9.81. The van der Waals surface area contributed by atoms with Gasteiger partial charge in [0.1, 0.15) is 4.84 Å². The number of amides is 1. The van der Waals surface area contributed by atoms with Crippen molar-refractivity contribution in [2.45, 2.75) is 30.5 Å². The smallest absolute Gasteiger partial charge is 0.338 e. The molecule has 4 nitrogen and oxygen atoms in total. The lowest BCUT2D eigenvalue weighted by molar-refractivity contribution is -0.122. The van der Waals surface area contributed by atoms with Crippen molar-refractivity contribution in [1.29, 1.82) is 0 Å². The highest BCUT2D eigenvalue weighted by Crippen LogP contribution is 2.45. The molecule has 0 saturated heterocycles. The maximum Gasteiger partial charge on any atom is 0.338 e. The normalized spacial score (nSPS) is 20.9. The Kier molecular flexibility index (Phi) is 4.49. The number of halogens is 2. The van der Waals surface area contributed by atoms with Crippen LogP contribution in [-0.4, -0.2) is 30.4 Å². The molecular weight excluding hydrogens is 313 g/mol. The third kappa shape index (κ3) is 2.74. The molecule has 1 heterocycles. The SMILES string of the molecule is CCOC(=O)c1ccc2c(c1)C(C)(CC(Cl)Cl)C(=O)N2C. The molecule has 1 atom stereocenters. The number of carbonyl (C=O) groups excluding carboxylic acids is 2. The lowest BCUT2D eigenvalue weighted by atomic mass is 9.80. The Labute approximate surface area is 134 Å². The van der Waals surface area contributed by atoms with Gasteiger partial charge in [-0.05, 0) is 44.0 Å². The van der Waals surface area contributed by atoms with E-state index in [9.17, 15) is 9.59 Å². The highest BCUT2D eigenvalue weighted by Gasteiger charge is 2.47. The van der Waals surface area contributed by atoms with Gasteiger partial charge in [0.2, 0.25) is 5.91 Å². The van der Waals surface area contributed by atoms with Gasteiger partial charge in [0.05, 0.1) is 17.6 Å². The first-order valence-electron chi connectivity index (χ1n) is 6.69. The zero-order chi connectivity index (χ0) is 15.8. The molecular formula is C15H17Cl2NO3. The summed E-state index contributed by atoms with van der Waals surface area (Å²) < 4.78 is 5.00. The van der Waals surface area contributed by atoms with E-state index in [2.05, 4.69) is 0 Å². The van der Waals surface area contributed by atoms with Gasteiger partial charge in [-0.25, -0.2) is 4.79 Å². The van der Waals surface area contributed by atoms with Crippen LogP contribution in [0.15, 0.2) is 18.2 Å². The number of hydrogen-bond donors (Lipinski definition) is 0. The molecule has 1 unspecified atom stereocenters. The summed E-state index contributed by atoms with van der Waals surface area (Å²) >= 11 is 11.8. The van der Waals surface area contributed by atoms with E-state index in [-0.39, 0.29) is 5.91 Å². The summed E-state index contributed by atoms with van der Waals surface area (Å²) in [4.78, 5) is 25.3. The van der Waals surface area contributed by atoms with E-state index in [1.807, 2.05) is 0 Å². The minimum Gasteiger partial charge on any atom is -0.462 e. The maximum absolute atomic E-state index is 12.5. The monoisotopic (exact) mass is 329 g/mol. The quantitative estimate of drug-likeness (QED) is 0.629. The van der Waals surface area contributed by atoms with Gasteiger partial charge in [-0.2, -0.15) is 0 Å². The fourth-order valence-electron chi connectivity index (χ4n) is 2.71. The van der Waals surface area contributed by atoms with Crippen LogP contribution in [0.25, 0.3) is 0 Å². The van der Waals surface area contributed by atoms with Crippen LogP contribution in [-0.2, 0) is 14.9 Å². The molecule has 1 aliphatic rings. The summed E-state index contributed by atoms with van der Waals surface area (Å²) in [6.07, 6.45) is 0.290. The number of hydrogen-bond acceptors (Lipinski definition) is 3. The summed E-state index contributed by atoms with van der Waals surface area (Å²) in [6, 6.07) is 5.11. The van der Waals surface area contributed by atoms with Crippen LogP contribution in [0.4, 0.5) is 5.69 Å². The number of benzene rings is 1. The Morgan fingerprint density at radius 3 is 2.67 bits per heavy atom. The Morgan fingerprint density at radius 2 is 2.10 bits per heavy atom. The van der Waals surface area contributed by atoms with E-state index in [0.717, 1.165) is 11.3 Å². The number of ether oxygens (including phenoxy) is 1. The molecule has 1 aliphatic heterocycles. The summed E-state index contributed by atoms with van der Waals surface area (Å²) in [6.45, 7) is 3.85. The van der Waals surface area contributed by atoms with Crippen molar-refractivity contribution in [2.24, 2.45) is 0 Å². The molecule has 0 spiro atoms. The van der Waals surface area contributed by atoms with E-state index in [0.29, 0.717) is 18.6 Å². The third-order valence-corrected chi connectivity index (χ3v) is 4.11. The first kappa shape index (κ1) is 16.1. The van der Waals surface area contributed by atoms with E-state index >= 15 is 0 Å². The molecule has 0 N–H and O–H groups in total. The Morgan fingerprint density at radius 1 is 1.43 bits per heavy atom. The number of esters is 1. The highest BCUT2D eigenvalue weighted by molar-refractivity contribution is 6.44. The number of fused-ring (bicyclic) bond motifs is 1. The molecule has 0 fully saturated rings. The largest absolute Gasteiger partial charge is 0.462 e.